The van der Waals surface area contributed by atoms with Crippen molar-refractivity contribution in [3.05, 3.63) is 41.7 Å². The topological polar surface area (TPSA) is 117 Å². The van der Waals surface area contributed by atoms with Crippen molar-refractivity contribution < 1.29 is 13.5 Å². The summed E-state index contributed by atoms with van der Waals surface area (Å²) in [6, 6.07) is 9.74. The molecule has 0 aliphatic carbocycles. The summed E-state index contributed by atoms with van der Waals surface area (Å²) < 4.78 is 25.6. The molecular weight excluding hydrogens is 378 g/mol. The largest absolute Gasteiger partial charge is 0.394 e. The lowest BCUT2D eigenvalue weighted by Crippen LogP contribution is -2.27. The number of sulfonamides is 1. The first-order valence-corrected chi connectivity index (χ1v) is 11.2. The van der Waals surface area contributed by atoms with Gasteiger partial charge in [-0.2, -0.15) is 15.0 Å². The van der Waals surface area contributed by atoms with Gasteiger partial charge in [0.15, 0.2) is 0 Å². The molecule has 1 aromatic heterocycles. The van der Waals surface area contributed by atoms with Crippen LogP contribution in [-0.2, 0) is 16.4 Å². The number of benzene rings is 1. The number of nitrogens with one attached hydrogen (secondary N) is 2. The smallest absolute Gasteiger partial charge is 0.241 e. The van der Waals surface area contributed by atoms with Crippen LogP contribution >= 0.6 is 0 Å². The van der Waals surface area contributed by atoms with Crippen molar-refractivity contribution in [3.8, 4) is 0 Å². The van der Waals surface area contributed by atoms with Crippen LogP contribution in [-0.4, -0.2) is 47.4 Å². The highest BCUT2D eigenvalue weighted by atomic mass is 32.2. The second-order valence-corrected chi connectivity index (χ2v) is 9.19. The number of rotatable bonds is 10. The summed E-state index contributed by atoms with van der Waals surface area (Å²) in [7, 11) is -3.52. The fraction of sp³-hybridized carbons (Fsp3) is 0.526. The van der Waals surface area contributed by atoms with Crippen LogP contribution in [0.1, 0.15) is 44.5 Å². The van der Waals surface area contributed by atoms with Gasteiger partial charge in [0.05, 0.1) is 18.9 Å². The summed E-state index contributed by atoms with van der Waals surface area (Å²) >= 11 is 0. The average Bonchev–Trinajstić information content (AvgIpc) is 2.59. The van der Waals surface area contributed by atoms with E-state index in [0.29, 0.717) is 18.2 Å². The number of hydrogen-bond donors (Lipinski definition) is 3. The molecule has 0 saturated heterocycles. The zero-order valence-electron chi connectivity index (χ0n) is 16.8. The van der Waals surface area contributed by atoms with E-state index in [0.717, 1.165) is 18.2 Å². The standard InChI is InChI=1S/C19H29N5O3S/c1-13(2)10-16(12-25)20-18-21-17(22-19(23-18)24-28(4,26)27)11-14(3)15-8-6-5-7-9-15/h5-9,13-14,16,25H,10-12H2,1-4H3,(H2,20,21,22,23,24)/t14-,16+/m0/s1. The van der Waals surface area contributed by atoms with Gasteiger partial charge in [-0.15, -0.1) is 0 Å². The van der Waals surface area contributed by atoms with Gasteiger partial charge in [0.2, 0.25) is 21.9 Å². The Bertz CT molecular complexity index is 859. The van der Waals surface area contributed by atoms with E-state index in [4.69, 9.17) is 0 Å². The van der Waals surface area contributed by atoms with Crippen LogP contribution in [0.25, 0.3) is 0 Å². The quantitative estimate of drug-likeness (QED) is 0.553. The highest BCUT2D eigenvalue weighted by Gasteiger charge is 2.16. The van der Waals surface area contributed by atoms with Crippen LogP contribution in [0.3, 0.4) is 0 Å². The lowest BCUT2D eigenvalue weighted by Gasteiger charge is -2.19. The lowest BCUT2D eigenvalue weighted by molar-refractivity contribution is 0.259. The van der Waals surface area contributed by atoms with E-state index in [-0.39, 0.29) is 30.5 Å². The predicted molar refractivity (Wildman–Crippen MR) is 111 cm³/mol. The minimum Gasteiger partial charge on any atom is -0.394 e. The Hall–Kier alpha value is -2.26. The van der Waals surface area contributed by atoms with Crippen LogP contribution in [0.2, 0.25) is 0 Å². The van der Waals surface area contributed by atoms with Crippen LogP contribution in [0.4, 0.5) is 11.9 Å². The molecule has 0 aliphatic heterocycles. The van der Waals surface area contributed by atoms with Crippen molar-refractivity contribution in [3.63, 3.8) is 0 Å². The first-order chi connectivity index (χ1) is 13.2. The number of aliphatic hydroxyl groups is 1. The molecule has 8 nitrogen and oxygen atoms in total. The third-order valence-corrected chi connectivity index (χ3v) is 4.68. The van der Waals surface area contributed by atoms with Gasteiger partial charge >= 0.3 is 0 Å². The van der Waals surface area contributed by atoms with E-state index >= 15 is 0 Å². The maximum atomic E-state index is 11.6. The van der Waals surface area contributed by atoms with Crippen molar-refractivity contribution in [1.82, 2.24) is 15.0 Å². The van der Waals surface area contributed by atoms with Crippen LogP contribution in [0, 0.1) is 5.92 Å². The molecule has 0 fully saturated rings. The highest BCUT2D eigenvalue weighted by molar-refractivity contribution is 7.91. The van der Waals surface area contributed by atoms with E-state index in [1.54, 1.807) is 0 Å². The summed E-state index contributed by atoms with van der Waals surface area (Å²) in [5.74, 6) is 1.21. The number of aromatic nitrogens is 3. The average molecular weight is 408 g/mol. The molecule has 1 heterocycles. The summed E-state index contributed by atoms with van der Waals surface area (Å²) in [6.45, 7) is 6.10. The minimum absolute atomic E-state index is 0.0310. The maximum Gasteiger partial charge on any atom is 0.241 e. The minimum atomic E-state index is -3.52. The molecule has 2 rings (SSSR count). The van der Waals surface area contributed by atoms with Crippen molar-refractivity contribution in [1.29, 1.82) is 0 Å². The molecule has 0 unspecified atom stereocenters. The number of aliphatic hydroxyl groups excluding tert-OH is 1. The molecule has 154 valence electrons. The Morgan fingerprint density at radius 1 is 1.04 bits per heavy atom. The van der Waals surface area contributed by atoms with E-state index in [1.807, 2.05) is 30.3 Å². The van der Waals surface area contributed by atoms with Crippen LogP contribution < -0.4 is 10.0 Å². The van der Waals surface area contributed by atoms with Gasteiger partial charge in [-0.05, 0) is 23.8 Å². The van der Waals surface area contributed by atoms with Crippen molar-refractivity contribution in [2.24, 2.45) is 5.92 Å². The SMILES string of the molecule is CC(C)C[C@H](CO)Nc1nc(C[C@H](C)c2ccccc2)nc(NS(C)(=O)=O)n1. The number of anilines is 2. The Balaban J connectivity index is 2.28. The Morgan fingerprint density at radius 3 is 2.25 bits per heavy atom. The van der Waals surface area contributed by atoms with E-state index in [2.05, 4.69) is 45.8 Å². The van der Waals surface area contributed by atoms with Gasteiger partial charge in [-0.1, -0.05) is 51.1 Å². The molecule has 3 N–H and O–H groups in total. The van der Waals surface area contributed by atoms with Gasteiger partial charge in [-0.3, -0.25) is 4.72 Å². The van der Waals surface area contributed by atoms with Gasteiger partial charge in [0.1, 0.15) is 5.82 Å². The van der Waals surface area contributed by atoms with Crippen LogP contribution in [0.5, 0.6) is 0 Å². The Morgan fingerprint density at radius 2 is 1.68 bits per heavy atom. The first-order valence-electron chi connectivity index (χ1n) is 9.31. The van der Waals surface area contributed by atoms with Gasteiger partial charge in [0, 0.05) is 6.42 Å². The fourth-order valence-electron chi connectivity index (χ4n) is 2.89. The predicted octanol–water partition coefficient (Wildman–Crippen LogP) is 2.41. The van der Waals surface area contributed by atoms with E-state index in [9.17, 15) is 13.5 Å². The summed E-state index contributed by atoms with van der Waals surface area (Å²) in [5, 5.41) is 12.7. The second-order valence-electron chi connectivity index (χ2n) is 7.44. The molecule has 2 atom stereocenters. The molecule has 0 spiro atoms. The molecular formula is C19H29N5O3S. The fourth-order valence-corrected chi connectivity index (χ4v) is 3.31. The zero-order chi connectivity index (χ0) is 20.7. The van der Waals surface area contributed by atoms with E-state index < -0.39 is 10.0 Å². The molecule has 28 heavy (non-hydrogen) atoms. The third-order valence-electron chi connectivity index (χ3n) is 4.13. The van der Waals surface area contributed by atoms with Gasteiger partial charge < -0.3 is 10.4 Å². The molecule has 0 bridgehead atoms. The Kier molecular flexibility index (Phi) is 7.70. The molecule has 0 aliphatic rings. The summed E-state index contributed by atoms with van der Waals surface area (Å²) in [4.78, 5) is 12.9. The zero-order valence-corrected chi connectivity index (χ0v) is 17.6. The lowest BCUT2D eigenvalue weighted by atomic mass is 9.98. The number of nitrogens with zero attached hydrogens (tertiary/aromatic N) is 3. The van der Waals surface area contributed by atoms with Crippen LogP contribution in [0.15, 0.2) is 30.3 Å². The number of hydrogen-bond acceptors (Lipinski definition) is 7. The van der Waals surface area contributed by atoms with Crippen molar-refractivity contribution in [2.45, 2.75) is 45.6 Å². The Labute approximate surface area is 166 Å². The highest BCUT2D eigenvalue weighted by Crippen LogP contribution is 2.20. The van der Waals surface area contributed by atoms with Gasteiger partial charge in [-0.25, -0.2) is 8.42 Å². The monoisotopic (exact) mass is 407 g/mol. The van der Waals surface area contributed by atoms with Crippen molar-refractivity contribution in [2.75, 3.05) is 22.9 Å². The molecule has 9 heteroatoms. The third kappa shape index (κ3) is 7.40. The molecule has 0 amide bonds. The molecule has 0 saturated carbocycles. The van der Waals surface area contributed by atoms with Crippen molar-refractivity contribution >= 4 is 21.9 Å². The molecule has 1 aromatic carbocycles. The molecule has 0 radical (unpaired) electrons. The van der Waals surface area contributed by atoms with Gasteiger partial charge in [0.25, 0.3) is 0 Å². The second kappa shape index (κ2) is 9.79. The summed E-state index contributed by atoms with van der Waals surface area (Å²) in [5.41, 5.74) is 1.14. The maximum absolute atomic E-state index is 11.6. The molecule has 2 aromatic rings. The summed E-state index contributed by atoms with van der Waals surface area (Å²) in [6.07, 6.45) is 2.30. The normalized spacial score (nSPS) is 13.9. The first kappa shape index (κ1) is 22.0. The van der Waals surface area contributed by atoms with E-state index in [1.165, 1.54) is 0 Å².